The Bertz CT molecular complexity index is 528. The molecule has 2 aromatic rings. The topological polar surface area (TPSA) is 71.2 Å². The lowest BCUT2D eigenvalue weighted by Gasteiger charge is -2.32. The van der Waals surface area contributed by atoms with Crippen molar-refractivity contribution in [3.05, 3.63) is 5.38 Å². The van der Waals surface area contributed by atoms with Crippen molar-refractivity contribution in [2.24, 2.45) is 0 Å². The number of nitrogens with two attached hydrogens (primary N) is 1. The van der Waals surface area contributed by atoms with Crippen LogP contribution in [0.15, 0.2) is 5.38 Å². The summed E-state index contributed by atoms with van der Waals surface area (Å²) in [4.78, 5) is 9.27. The van der Waals surface area contributed by atoms with Gasteiger partial charge in [0.2, 0.25) is 5.13 Å². The van der Waals surface area contributed by atoms with E-state index in [9.17, 15) is 0 Å². The molecule has 1 aliphatic heterocycles. The first-order chi connectivity index (χ1) is 8.72. The van der Waals surface area contributed by atoms with Gasteiger partial charge in [-0.25, -0.2) is 4.98 Å². The van der Waals surface area contributed by atoms with Crippen molar-refractivity contribution in [2.45, 2.75) is 0 Å². The maximum atomic E-state index is 5.59. The maximum absolute atomic E-state index is 5.59. The van der Waals surface area contributed by atoms with Crippen LogP contribution >= 0.6 is 22.7 Å². The number of rotatable bonds is 2. The molecule has 2 aromatic heterocycles. The van der Waals surface area contributed by atoms with E-state index in [4.69, 9.17) is 5.73 Å². The third-order valence-electron chi connectivity index (χ3n) is 2.93. The van der Waals surface area contributed by atoms with Crippen LogP contribution in [0.5, 0.6) is 0 Å². The number of thiazole rings is 1. The first-order valence-electron chi connectivity index (χ1n) is 5.71. The van der Waals surface area contributed by atoms with Crippen LogP contribution in [0.2, 0.25) is 0 Å². The molecule has 3 heterocycles. The van der Waals surface area contributed by atoms with Gasteiger partial charge in [-0.2, -0.15) is 0 Å². The van der Waals surface area contributed by atoms with Gasteiger partial charge in [-0.15, -0.1) is 21.5 Å². The summed E-state index contributed by atoms with van der Waals surface area (Å²) in [5, 5.41) is 12.2. The Labute approximate surface area is 113 Å². The van der Waals surface area contributed by atoms with E-state index in [1.165, 1.54) is 11.3 Å². The van der Waals surface area contributed by atoms with Gasteiger partial charge in [0.15, 0.2) is 10.1 Å². The summed E-state index contributed by atoms with van der Waals surface area (Å²) < 4.78 is 0. The summed E-state index contributed by atoms with van der Waals surface area (Å²) in [6.45, 7) is 4.23. The molecule has 1 saturated heterocycles. The lowest BCUT2D eigenvalue weighted by molar-refractivity contribution is 0.313. The Morgan fingerprint density at radius 2 is 2.00 bits per heavy atom. The van der Waals surface area contributed by atoms with Crippen LogP contribution in [-0.4, -0.2) is 53.3 Å². The van der Waals surface area contributed by atoms with Crippen LogP contribution in [0.4, 0.5) is 10.3 Å². The summed E-state index contributed by atoms with van der Waals surface area (Å²) in [6.07, 6.45) is 0. The Kier molecular flexibility index (Phi) is 3.14. The van der Waals surface area contributed by atoms with Crippen molar-refractivity contribution in [3.8, 4) is 10.7 Å². The zero-order valence-corrected chi connectivity index (χ0v) is 11.7. The zero-order chi connectivity index (χ0) is 12.5. The van der Waals surface area contributed by atoms with Crippen LogP contribution in [0, 0.1) is 0 Å². The lowest BCUT2D eigenvalue weighted by atomic mass is 10.3. The van der Waals surface area contributed by atoms with Gasteiger partial charge in [-0.05, 0) is 7.05 Å². The minimum Gasteiger partial charge on any atom is -0.374 e. The van der Waals surface area contributed by atoms with Gasteiger partial charge < -0.3 is 15.5 Å². The third kappa shape index (κ3) is 2.31. The van der Waals surface area contributed by atoms with E-state index < -0.39 is 0 Å². The Morgan fingerprint density at radius 1 is 1.22 bits per heavy atom. The summed E-state index contributed by atoms with van der Waals surface area (Å²) in [6, 6.07) is 0. The molecule has 18 heavy (non-hydrogen) atoms. The van der Waals surface area contributed by atoms with Crippen molar-refractivity contribution >= 4 is 32.9 Å². The molecule has 0 bridgehead atoms. The van der Waals surface area contributed by atoms with E-state index in [1.54, 1.807) is 11.3 Å². The van der Waals surface area contributed by atoms with Gasteiger partial charge in [0.25, 0.3) is 0 Å². The molecule has 1 aliphatic rings. The molecule has 0 aromatic carbocycles. The van der Waals surface area contributed by atoms with Crippen molar-refractivity contribution in [3.63, 3.8) is 0 Å². The minimum absolute atomic E-state index is 0.485. The molecular formula is C10H14N6S2. The summed E-state index contributed by atoms with van der Waals surface area (Å²) in [7, 11) is 2.15. The minimum atomic E-state index is 0.485. The van der Waals surface area contributed by atoms with Gasteiger partial charge in [0, 0.05) is 31.6 Å². The third-order valence-corrected chi connectivity index (χ3v) is 4.60. The standard InChI is InChI=1S/C10H14N6S2/c1-15-2-4-16(5-3-15)10-12-7(6-17-10)8-13-14-9(11)18-8/h6H,2-5H2,1H3,(H2,11,14). The highest BCUT2D eigenvalue weighted by Gasteiger charge is 2.18. The van der Waals surface area contributed by atoms with Crippen LogP contribution in [0.3, 0.4) is 0 Å². The molecule has 0 unspecified atom stereocenters. The Balaban J connectivity index is 1.77. The Hall–Kier alpha value is -1.25. The second-order valence-corrected chi connectivity index (χ2v) is 6.10. The molecule has 1 fully saturated rings. The predicted octanol–water partition coefficient (Wildman–Crippen LogP) is 0.996. The number of hydrogen-bond acceptors (Lipinski definition) is 8. The quantitative estimate of drug-likeness (QED) is 0.886. The monoisotopic (exact) mass is 282 g/mol. The summed E-state index contributed by atoms with van der Waals surface area (Å²) in [5.41, 5.74) is 6.46. The number of likely N-dealkylation sites (N-methyl/N-ethyl adjacent to an activating group) is 1. The molecule has 2 N–H and O–H groups in total. The highest BCUT2D eigenvalue weighted by Crippen LogP contribution is 2.30. The second kappa shape index (κ2) is 4.79. The van der Waals surface area contributed by atoms with E-state index in [-0.39, 0.29) is 0 Å². The fourth-order valence-corrected chi connectivity index (χ4v) is 3.35. The van der Waals surface area contributed by atoms with Crippen LogP contribution < -0.4 is 10.6 Å². The van der Waals surface area contributed by atoms with Gasteiger partial charge in [-0.1, -0.05) is 11.3 Å². The van der Waals surface area contributed by atoms with Crippen LogP contribution in [0.25, 0.3) is 10.7 Å². The van der Waals surface area contributed by atoms with E-state index in [2.05, 4.69) is 32.0 Å². The van der Waals surface area contributed by atoms with Crippen molar-refractivity contribution in [1.29, 1.82) is 0 Å². The van der Waals surface area contributed by atoms with Crippen molar-refractivity contribution in [1.82, 2.24) is 20.1 Å². The van der Waals surface area contributed by atoms with Gasteiger partial charge in [0.05, 0.1) is 0 Å². The highest BCUT2D eigenvalue weighted by atomic mass is 32.1. The molecule has 3 rings (SSSR count). The fraction of sp³-hybridized carbons (Fsp3) is 0.500. The maximum Gasteiger partial charge on any atom is 0.203 e. The fourth-order valence-electron chi connectivity index (χ4n) is 1.84. The number of nitrogen functional groups attached to an aromatic ring is 1. The molecule has 0 aliphatic carbocycles. The molecule has 96 valence electrons. The molecule has 0 amide bonds. The average molecular weight is 282 g/mol. The first kappa shape index (κ1) is 11.8. The molecule has 8 heteroatoms. The Morgan fingerprint density at radius 3 is 2.67 bits per heavy atom. The SMILES string of the molecule is CN1CCN(c2nc(-c3nnc(N)s3)cs2)CC1. The zero-order valence-electron chi connectivity index (χ0n) is 10.0. The van der Waals surface area contributed by atoms with Gasteiger partial charge >= 0.3 is 0 Å². The van der Waals surface area contributed by atoms with Gasteiger partial charge in [0.1, 0.15) is 5.69 Å². The van der Waals surface area contributed by atoms with E-state index in [0.717, 1.165) is 42.0 Å². The number of piperazine rings is 1. The second-order valence-electron chi connectivity index (χ2n) is 4.25. The van der Waals surface area contributed by atoms with Crippen molar-refractivity contribution in [2.75, 3.05) is 43.9 Å². The molecule has 0 radical (unpaired) electrons. The number of hydrogen-bond donors (Lipinski definition) is 1. The summed E-state index contributed by atoms with van der Waals surface area (Å²) in [5.74, 6) is 0. The molecular weight excluding hydrogens is 268 g/mol. The van der Waals surface area contributed by atoms with Crippen molar-refractivity contribution < 1.29 is 0 Å². The molecule has 0 saturated carbocycles. The first-order valence-corrected chi connectivity index (χ1v) is 7.40. The number of nitrogens with zero attached hydrogens (tertiary/aromatic N) is 5. The highest BCUT2D eigenvalue weighted by molar-refractivity contribution is 7.19. The number of anilines is 2. The molecule has 0 atom stereocenters. The largest absolute Gasteiger partial charge is 0.374 e. The van der Waals surface area contributed by atoms with Gasteiger partial charge in [-0.3, -0.25) is 0 Å². The lowest BCUT2D eigenvalue weighted by Crippen LogP contribution is -2.44. The molecule has 6 nitrogen and oxygen atoms in total. The van der Waals surface area contributed by atoms with Crippen LogP contribution in [0.1, 0.15) is 0 Å². The van der Waals surface area contributed by atoms with E-state index in [0.29, 0.717) is 5.13 Å². The normalized spacial score (nSPS) is 17.3. The molecule has 0 spiro atoms. The van der Waals surface area contributed by atoms with E-state index in [1.807, 2.05) is 5.38 Å². The predicted molar refractivity (Wildman–Crippen MR) is 75.1 cm³/mol. The van der Waals surface area contributed by atoms with Crippen LogP contribution in [-0.2, 0) is 0 Å². The number of aromatic nitrogens is 3. The average Bonchev–Trinajstić information content (AvgIpc) is 2.98. The smallest absolute Gasteiger partial charge is 0.203 e. The van der Waals surface area contributed by atoms with E-state index >= 15 is 0 Å². The summed E-state index contributed by atoms with van der Waals surface area (Å²) >= 11 is 3.03.